The van der Waals surface area contributed by atoms with Crippen LogP contribution in [0.25, 0.3) is 0 Å². The molecular weight excluding hydrogens is 547 g/mol. The Hall–Kier alpha value is -3.56. The molecule has 1 amide bonds. The van der Waals surface area contributed by atoms with Gasteiger partial charge >= 0.3 is 19.8 Å². The molecule has 1 aliphatic heterocycles. The number of aromatic nitrogens is 2. The van der Waals surface area contributed by atoms with Crippen molar-refractivity contribution < 1.29 is 47.5 Å². The van der Waals surface area contributed by atoms with Gasteiger partial charge in [0.15, 0.2) is 11.9 Å². The van der Waals surface area contributed by atoms with Crippen molar-refractivity contribution in [2.45, 2.75) is 37.3 Å². The van der Waals surface area contributed by atoms with Crippen molar-refractivity contribution >= 4 is 25.9 Å². The number of carbonyl (C=O) groups is 2. The number of carboxylic acid groups (broad SMARTS) is 1. The summed E-state index contributed by atoms with van der Waals surface area (Å²) in [5, 5.41) is 23.4. The normalized spacial score (nSPS) is 21.4. The first-order valence-electron chi connectivity index (χ1n) is 11.3. The quantitative estimate of drug-likeness (QED) is 0.317. The Morgan fingerprint density at radius 2 is 2.00 bits per heavy atom. The molecule has 5 atom stereocenters. The van der Waals surface area contributed by atoms with Gasteiger partial charge < -0.3 is 39.6 Å². The molecule has 0 aliphatic carbocycles. The molecule has 1 saturated heterocycles. The maximum atomic E-state index is 14.9. The van der Waals surface area contributed by atoms with Crippen LogP contribution in [0.1, 0.15) is 13.2 Å². The van der Waals surface area contributed by atoms with Gasteiger partial charge in [0.25, 0.3) is 0 Å². The lowest BCUT2D eigenvalue weighted by Crippen LogP contribution is -2.42. The summed E-state index contributed by atoms with van der Waals surface area (Å²) in [6.07, 6.45) is -5.30. The number of hydrogen-bond acceptors (Lipinski definition) is 12. The minimum Gasteiger partial charge on any atom is -0.575 e. The highest BCUT2D eigenvalue weighted by molar-refractivity contribution is 7.34. The van der Waals surface area contributed by atoms with E-state index in [0.29, 0.717) is 4.57 Å². The van der Waals surface area contributed by atoms with Gasteiger partial charge in [0.1, 0.15) is 24.6 Å². The largest absolute Gasteiger partial charge is 0.575 e. The summed E-state index contributed by atoms with van der Waals surface area (Å²) >= 11 is 0. The number of amides is 1. The second-order valence-corrected chi connectivity index (χ2v) is 9.52. The van der Waals surface area contributed by atoms with Crippen LogP contribution in [0.15, 0.2) is 46.1 Å². The number of aliphatic carboxylic acids is 1. The summed E-state index contributed by atoms with van der Waals surface area (Å²) < 4.78 is 49.5. The number of carboxylic acids is 1. The van der Waals surface area contributed by atoms with Gasteiger partial charge in [-0.1, -0.05) is 16.9 Å². The zero-order valence-corrected chi connectivity index (χ0v) is 21.8. The number of nitrogens with zero attached hydrogens (tertiary/aromatic N) is 4. The summed E-state index contributed by atoms with van der Waals surface area (Å²) in [5.41, 5.74) is -1.16. The SMILES string of the molecule is CC(N=[P+]([O-])Oc1ccccc1OC[C@H]1O[C@@H](n2ccc(NC(=O)CN(C)C)nc2=O)C(F)(F)[C@@H]1O)C(=O)[O-]. The van der Waals surface area contributed by atoms with E-state index in [1.54, 1.807) is 19.0 Å². The second-order valence-electron chi connectivity index (χ2n) is 8.63. The zero-order valence-electron chi connectivity index (χ0n) is 20.9. The van der Waals surface area contributed by atoms with Gasteiger partial charge in [-0.25, -0.2) is 4.79 Å². The number of benzene rings is 1. The first-order chi connectivity index (χ1) is 18.3. The molecule has 2 unspecified atom stereocenters. The Balaban J connectivity index is 1.72. The number of hydrogen-bond donors (Lipinski definition) is 2. The minimum atomic E-state index is -3.94. The van der Waals surface area contributed by atoms with Crippen LogP contribution >= 0.6 is 8.17 Å². The third-order valence-corrected chi connectivity index (χ3v) is 6.11. The number of rotatable bonds is 11. The molecule has 212 valence electrons. The molecule has 17 heteroatoms. The maximum Gasteiger partial charge on any atom is 0.395 e. The van der Waals surface area contributed by atoms with Crippen molar-refractivity contribution in [3.05, 3.63) is 47.0 Å². The Kier molecular flexibility index (Phi) is 9.63. The van der Waals surface area contributed by atoms with Gasteiger partial charge in [0.05, 0.1) is 12.5 Å². The number of para-hydroxylation sites is 2. The smallest absolute Gasteiger partial charge is 0.395 e. The molecule has 0 spiro atoms. The molecule has 3 rings (SSSR count). The highest BCUT2D eigenvalue weighted by Gasteiger charge is 2.60. The predicted octanol–water partition coefficient (Wildman–Crippen LogP) is -0.911. The summed E-state index contributed by atoms with van der Waals surface area (Å²) in [4.78, 5) is 52.3. The molecule has 14 nitrogen and oxygen atoms in total. The van der Waals surface area contributed by atoms with E-state index < -0.39 is 62.7 Å². The molecule has 1 fully saturated rings. The van der Waals surface area contributed by atoms with Crippen LogP contribution in [0.3, 0.4) is 0 Å². The third-order valence-electron chi connectivity index (χ3n) is 5.23. The number of nitrogens with one attached hydrogen (secondary N) is 1. The van der Waals surface area contributed by atoms with E-state index in [1.165, 1.54) is 24.3 Å². The maximum absolute atomic E-state index is 14.9. The van der Waals surface area contributed by atoms with Gasteiger partial charge in [-0.2, -0.15) is 13.8 Å². The predicted molar refractivity (Wildman–Crippen MR) is 127 cm³/mol. The van der Waals surface area contributed by atoms with E-state index in [1.807, 2.05) is 0 Å². The molecule has 1 aliphatic rings. The molecule has 0 saturated carbocycles. The minimum absolute atomic E-state index is 0.000805. The van der Waals surface area contributed by atoms with E-state index in [4.69, 9.17) is 14.0 Å². The molecule has 1 aromatic heterocycles. The Bertz CT molecular complexity index is 1290. The molecule has 0 bridgehead atoms. The lowest BCUT2D eigenvalue weighted by Gasteiger charge is -2.21. The number of aliphatic hydroxyl groups is 1. The fourth-order valence-electron chi connectivity index (χ4n) is 3.35. The van der Waals surface area contributed by atoms with E-state index in [9.17, 15) is 38.3 Å². The number of halogens is 2. The van der Waals surface area contributed by atoms with Gasteiger partial charge in [0.2, 0.25) is 17.9 Å². The number of carbonyl (C=O) groups excluding carboxylic acids is 2. The topological polar surface area (TPSA) is 191 Å². The lowest BCUT2D eigenvalue weighted by atomic mass is 10.1. The highest BCUT2D eigenvalue weighted by atomic mass is 31.1. The molecule has 1 aromatic carbocycles. The van der Waals surface area contributed by atoms with E-state index in [0.717, 1.165) is 19.2 Å². The number of ether oxygens (including phenoxy) is 2. The Labute approximate surface area is 221 Å². The molecule has 2 heterocycles. The van der Waals surface area contributed by atoms with Crippen LogP contribution in [0.5, 0.6) is 11.5 Å². The Morgan fingerprint density at radius 1 is 1.33 bits per heavy atom. The van der Waals surface area contributed by atoms with Crippen LogP contribution in [0, 0.1) is 0 Å². The molecule has 39 heavy (non-hydrogen) atoms. The van der Waals surface area contributed by atoms with Gasteiger partial charge in [-0.05, 0) is 39.2 Å². The standard InChI is InChI=1S/C22H26F2N5O9P/c1-12(19(32)33)27-39(35)38-14-7-5-4-6-13(14)36-11-15-18(31)22(23,24)20(37-15)29-9-8-16(26-21(29)34)25-17(30)10-28(2)3/h4-9,12,15,18,20,31H,10-11H2,1-3H3,(H,32,33)(H,25,26,30,34)/p-1/t12?,15-,18-,20-/m1/s1. The monoisotopic (exact) mass is 572 g/mol. The second kappa shape index (κ2) is 12.5. The number of anilines is 1. The van der Waals surface area contributed by atoms with Crippen LogP contribution in [0.4, 0.5) is 14.6 Å². The fraction of sp³-hybridized carbons (Fsp3) is 0.455. The van der Waals surface area contributed by atoms with Crippen LogP contribution < -0.4 is 30.3 Å². The summed E-state index contributed by atoms with van der Waals surface area (Å²) in [6, 6.07) is 5.34. The van der Waals surface area contributed by atoms with Crippen molar-refractivity contribution in [3.8, 4) is 11.5 Å². The third kappa shape index (κ3) is 7.52. The molecule has 2 N–H and O–H groups in total. The van der Waals surface area contributed by atoms with Crippen LogP contribution in [-0.2, 0) is 14.3 Å². The first-order valence-corrected chi connectivity index (χ1v) is 12.5. The van der Waals surface area contributed by atoms with Crippen molar-refractivity contribution in [1.29, 1.82) is 0 Å². The van der Waals surface area contributed by atoms with Crippen molar-refractivity contribution in [3.63, 3.8) is 0 Å². The average molecular weight is 572 g/mol. The summed E-state index contributed by atoms with van der Waals surface area (Å²) in [6.45, 7) is 0.498. The van der Waals surface area contributed by atoms with Crippen molar-refractivity contribution in [2.75, 3.05) is 32.6 Å². The summed E-state index contributed by atoms with van der Waals surface area (Å²) in [5.74, 6) is -6.36. The molecule has 0 radical (unpaired) electrons. The van der Waals surface area contributed by atoms with Gasteiger partial charge in [-0.15, -0.1) is 0 Å². The number of likely N-dealkylation sites (N-methyl/N-ethyl adjacent to an activating group) is 1. The zero-order chi connectivity index (χ0) is 28.9. The van der Waals surface area contributed by atoms with E-state index in [2.05, 4.69) is 15.0 Å². The molecule has 2 aromatic rings. The van der Waals surface area contributed by atoms with Crippen LogP contribution in [0.2, 0.25) is 0 Å². The average Bonchev–Trinajstić information content (AvgIpc) is 3.06. The molecular formula is C22H25F2N5O9P-. The highest BCUT2D eigenvalue weighted by Crippen LogP contribution is 2.43. The Morgan fingerprint density at radius 3 is 2.62 bits per heavy atom. The number of aliphatic hydroxyl groups excluding tert-OH is 1. The first kappa shape index (κ1) is 30.0. The van der Waals surface area contributed by atoms with Crippen LogP contribution in [-0.4, -0.2) is 82.9 Å². The fourth-order valence-corrected chi connectivity index (χ4v) is 4.09. The lowest BCUT2D eigenvalue weighted by molar-refractivity contribution is -0.307. The van der Waals surface area contributed by atoms with Crippen molar-refractivity contribution in [2.24, 2.45) is 4.74 Å². The van der Waals surface area contributed by atoms with Gasteiger partial charge in [0, 0.05) is 6.20 Å². The number of alkyl halides is 2. The van der Waals surface area contributed by atoms with Gasteiger partial charge in [-0.3, -0.25) is 13.9 Å². The van der Waals surface area contributed by atoms with E-state index in [-0.39, 0.29) is 23.9 Å². The summed E-state index contributed by atoms with van der Waals surface area (Å²) in [7, 11) is 0.460. The van der Waals surface area contributed by atoms with E-state index >= 15 is 0 Å². The van der Waals surface area contributed by atoms with Crippen molar-refractivity contribution in [1.82, 2.24) is 14.5 Å².